The summed E-state index contributed by atoms with van der Waals surface area (Å²) in [5.74, 6) is -0.714. The summed E-state index contributed by atoms with van der Waals surface area (Å²) in [4.78, 5) is 40.8. The molecule has 2 amide bonds. The third-order valence-electron chi connectivity index (χ3n) is 5.67. The molecule has 3 N–H and O–H groups in total. The first-order valence-corrected chi connectivity index (χ1v) is 12.0. The number of carbonyl (C=O) groups is 3. The number of rotatable bonds is 12. The van der Waals surface area contributed by atoms with E-state index in [1.54, 1.807) is 30.5 Å². The molecule has 37 heavy (non-hydrogen) atoms. The Kier molecular flexibility index (Phi) is 10.1. The maximum Gasteiger partial charge on any atom is 0.307 e. The van der Waals surface area contributed by atoms with Gasteiger partial charge in [0.05, 0.1) is 26.1 Å². The van der Waals surface area contributed by atoms with Crippen LogP contribution in [-0.4, -0.2) is 43.0 Å². The van der Waals surface area contributed by atoms with Gasteiger partial charge in [-0.1, -0.05) is 36.4 Å². The first-order valence-electron chi connectivity index (χ1n) is 12.0. The van der Waals surface area contributed by atoms with Crippen LogP contribution in [0, 0.1) is 12.7 Å². The van der Waals surface area contributed by atoms with Crippen molar-refractivity contribution in [2.45, 2.75) is 32.2 Å². The van der Waals surface area contributed by atoms with Gasteiger partial charge in [-0.05, 0) is 59.9 Å². The van der Waals surface area contributed by atoms with Gasteiger partial charge in [-0.15, -0.1) is 0 Å². The van der Waals surface area contributed by atoms with Crippen molar-refractivity contribution in [1.29, 1.82) is 0 Å². The Morgan fingerprint density at radius 2 is 1.65 bits per heavy atom. The van der Waals surface area contributed by atoms with E-state index in [0.717, 1.165) is 22.5 Å². The molecule has 9 heteroatoms. The number of esters is 1. The van der Waals surface area contributed by atoms with Gasteiger partial charge in [0, 0.05) is 19.2 Å². The molecule has 2 aromatic carbocycles. The monoisotopic (exact) mass is 506 g/mol. The van der Waals surface area contributed by atoms with Gasteiger partial charge in [0.25, 0.3) is 0 Å². The average molecular weight is 507 g/mol. The highest BCUT2D eigenvalue weighted by Crippen LogP contribution is 2.24. The molecule has 0 spiro atoms. The number of methoxy groups -OCH3 is 1. The molecule has 0 fully saturated rings. The third-order valence-corrected chi connectivity index (χ3v) is 5.67. The molecule has 0 radical (unpaired) electrons. The molecule has 8 nitrogen and oxygen atoms in total. The van der Waals surface area contributed by atoms with Crippen LogP contribution in [0.4, 0.5) is 10.2 Å². The largest absolute Gasteiger partial charge is 0.469 e. The quantitative estimate of drug-likeness (QED) is 0.254. The van der Waals surface area contributed by atoms with E-state index in [9.17, 15) is 18.8 Å². The van der Waals surface area contributed by atoms with Gasteiger partial charge < -0.3 is 20.7 Å². The normalized spacial score (nSPS) is 11.3. The predicted molar refractivity (Wildman–Crippen MR) is 139 cm³/mol. The number of carbonyl (C=O) groups excluding carboxylic acids is 3. The first kappa shape index (κ1) is 27.3. The maximum absolute atomic E-state index is 13.2. The Hall–Kier alpha value is -4.27. The number of ether oxygens (including phenoxy) is 1. The Morgan fingerprint density at radius 3 is 2.30 bits per heavy atom. The van der Waals surface area contributed by atoms with E-state index in [2.05, 4.69) is 20.9 Å². The van der Waals surface area contributed by atoms with Gasteiger partial charge in [-0.2, -0.15) is 0 Å². The minimum absolute atomic E-state index is 0.0647. The average Bonchev–Trinajstić information content (AvgIpc) is 2.90. The lowest BCUT2D eigenvalue weighted by Crippen LogP contribution is -2.39. The summed E-state index contributed by atoms with van der Waals surface area (Å²) in [6, 6.07) is 16.6. The Balaban J connectivity index is 1.49. The molecule has 1 heterocycles. The second-order valence-corrected chi connectivity index (χ2v) is 8.55. The van der Waals surface area contributed by atoms with Gasteiger partial charge in [0.15, 0.2) is 0 Å². The number of anilines is 1. The van der Waals surface area contributed by atoms with Crippen LogP contribution in [0.3, 0.4) is 0 Å². The summed E-state index contributed by atoms with van der Waals surface area (Å²) in [6.45, 7) is 2.34. The lowest BCUT2D eigenvalue weighted by atomic mass is 9.99. The summed E-state index contributed by atoms with van der Waals surface area (Å²) >= 11 is 0. The summed E-state index contributed by atoms with van der Waals surface area (Å²) in [7, 11) is 1.28. The standard InChI is InChI=1S/C28H31FN4O4/c1-19-13-15-31-25(16-19)30-14-3-4-26(34)32-18-27(35)33-24(17-28(36)37-2)22-7-5-20(6-8-22)21-9-11-23(29)12-10-21/h5-13,15-16,24H,3-4,14,17-18H2,1-2H3,(H,30,31)(H,32,34)(H,33,35). The summed E-state index contributed by atoms with van der Waals surface area (Å²) in [5, 5.41) is 8.56. The summed E-state index contributed by atoms with van der Waals surface area (Å²) < 4.78 is 18.0. The molecule has 1 atom stereocenters. The fraction of sp³-hybridized carbons (Fsp3) is 0.286. The van der Waals surface area contributed by atoms with Crippen LogP contribution >= 0.6 is 0 Å². The molecule has 0 aliphatic rings. The van der Waals surface area contributed by atoms with E-state index in [0.29, 0.717) is 18.5 Å². The SMILES string of the molecule is COC(=O)CC(NC(=O)CNC(=O)CCCNc1cc(C)ccn1)c1ccc(-c2ccc(F)cc2)cc1. The van der Waals surface area contributed by atoms with Gasteiger partial charge in [-0.25, -0.2) is 9.37 Å². The number of amides is 2. The van der Waals surface area contributed by atoms with Crippen molar-refractivity contribution >= 4 is 23.6 Å². The lowest BCUT2D eigenvalue weighted by molar-refractivity contribution is -0.141. The molecule has 1 unspecified atom stereocenters. The number of nitrogens with one attached hydrogen (secondary N) is 3. The zero-order valence-corrected chi connectivity index (χ0v) is 20.9. The van der Waals surface area contributed by atoms with Crippen molar-refractivity contribution in [3.8, 4) is 11.1 Å². The molecule has 3 rings (SSSR count). The molecule has 1 aromatic heterocycles. The second-order valence-electron chi connectivity index (χ2n) is 8.55. The molecular formula is C28H31FN4O4. The Morgan fingerprint density at radius 1 is 0.973 bits per heavy atom. The van der Waals surface area contributed by atoms with Gasteiger partial charge in [0.1, 0.15) is 11.6 Å². The number of hydrogen-bond acceptors (Lipinski definition) is 6. The van der Waals surface area contributed by atoms with Crippen molar-refractivity contribution in [2.75, 3.05) is 25.5 Å². The molecular weight excluding hydrogens is 475 g/mol. The zero-order chi connectivity index (χ0) is 26.6. The second kappa shape index (κ2) is 13.7. The summed E-state index contributed by atoms with van der Waals surface area (Å²) in [5.41, 5.74) is 3.50. The van der Waals surface area contributed by atoms with E-state index in [-0.39, 0.29) is 31.1 Å². The van der Waals surface area contributed by atoms with Crippen LogP contribution in [0.25, 0.3) is 11.1 Å². The Labute approximate surface area is 215 Å². The molecule has 0 saturated heterocycles. The molecule has 0 aliphatic carbocycles. The number of hydrogen-bond donors (Lipinski definition) is 3. The molecule has 194 valence electrons. The number of benzene rings is 2. The van der Waals surface area contributed by atoms with Crippen LogP contribution in [0.2, 0.25) is 0 Å². The van der Waals surface area contributed by atoms with Crippen molar-refractivity contribution < 1.29 is 23.5 Å². The fourth-order valence-corrected chi connectivity index (χ4v) is 3.66. The van der Waals surface area contributed by atoms with Crippen LogP contribution in [0.5, 0.6) is 0 Å². The molecule has 0 bridgehead atoms. The number of pyridine rings is 1. The van der Waals surface area contributed by atoms with Gasteiger partial charge in [0.2, 0.25) is 11.8 Å². The van der Waals surface area contributed by atoms with Crippen molar-refractivity contribution in [2.24, 2.45) is 0 Å². The van der Waals surface area contributed by atoms with E-state index in [1.165, 1.54) is 19.2 Å². The highest BCUT2D eigenvalue weighted by molar-refractivity contribution is 5.85. The lowest BCUT2D eigenvalue weighted by Gasteiger charge is -2.19. The predicted octanol–water partition coefficient (Wildman–Crippen LogP) is 3.93. The summed E-state index contributed by atoms with van der Waals surface area (Å²) in [6.07, 6.45) is 2.48. The van der Waals surface area contributed by atoms with Crippen molar-refractivity contribution in [3.63, 3.8) is 0 Å². The van der Waals surface area contributed by atoms with Crippen molar-refractivity contribution in [1.82, 2.24) is 15.6 Å². The van der Waals surface area contributed by atoms with Crippen LogP contribution in [0.15, 0.2) is 66.9 Å². The minimum atomic E-state index is -0.634. The minimum Gasteiger partial charge on any atom is -0.469 e. The van der Waals surface area contributed by atoms with E-state index in [1.807, 2.05) is 31.2 Å². The fourth-order valence-electron chi connectivity index (χ4n) is 3.66. The zero-order valence-electron chi connectivity index (χ0n) is 20.9. The maximum atomic E-state index is 13.2. The van der Waals surface area contributed by atoms with E-state index < -0.39 is 17.9 Å². The van der Waals surface area contributed by atoms with Crippen LogP contribution in [-0.2, 0) is 19.1 Å². The van der Waals surface area contributed by atoms with Gasteiger partial charge in [-0.3, -0.25) is 14.4 Å². The van der Waals surface area contributed by atoms with Crippen LogP contribution < -0.4 is 16.0 Å². The number of nitrogens with zero attached hydrogens (tertiary/aromatic N) is 1. The third kappa shape index (κ3) is 9.03. The Bertz CT molecular complexity index is 1200. The number of aryl methyl sites for hydroxylation is 1. The molecule has 0 aliphatic heterocycles. The highest BCUT2D eigenvalue weighted by atomic mass is 19.1. The van der Waals surface area contributed by atoms with Crippen LogP contribution in [0.1, 0.15) is 36.4 Å². The topological polar surface area (TPSA) is 109 Å². The van der Waals surface area contributed by atoms with E-state index >= 15 is 0 Å². The molecule has 3 aromatic rings. The smallest absolute Gasteiger partial charge is 0.307 e. The molecule has 0 saturated carbocycles. The van der Waals surface area contributed by atoms with Crippen molar-refractivity contribution in [3.05, 3.63) is 83.8 Å². The van der Waals surface area contributed by atoms with E-state index in [4.69, 9.17) is 4.74 Å². The number of halogens is 1. The highest BCUT2D eigenvalue weighted by Gasteiger charge is 2.19. The number of aromatic nitrogens is 1. The first-order chi connectivity index (χ1) is 17.8. The van der Waals surface area contributed by atoms with Gasteiger partial charge >= 0.3 is 5.97 Å².